The Kier molecular flexibility index (Phi) is 11.3. The highest BCUT2D eigenvalue weighted by molar-refractivity contribution is 5.72. The SMILES string of the molecule is CC.CC/C=C(\c1cccc2c1CCNC2C)N1CCN(Cc2c(OC)cc(-c3cn(C)c(=O)c(C)c3C)cc2C(C)CC)CC12CC2. The van der Waals surface area contributed by atoms with Crippen LogP contribution in [0.4, 0.5) is 0 Å². The zero-order valence-electron chi connectivity index (χ0n) is 31.4. The molecule has 3 aromatic rings. The summed E-state index contributed by atoms with van der Waals surface area (Å²) < 4.78 is 7.87. The van der Waals surface area contributed by atoms with E-state index in [-0.39, 0.29) is 11.1 Å². The zero-order valence-corrected chi connectivity index (χ0v) is 31.4. The average Bonchev–Trinajstić information content (AvgIpc) is 3.87. The third-order valence-corrected chi connectivity index (χ3v) is 11.3. The summed E-state index contributed by atoms with van der Waals surface area (Å²) in [5.41, 5.74) is 12.9. The van der Waals surface area contributed by atoms with Crippen LogP contribution in [-0.2, 0) is 20.0 Å². The second-order valence-corrected chi connectivity index (χ2v) is 14.1. The molecule has 6 heteroatoms. The summed E-state index contributed by atoms with van der Waals surface area (Å²) in [6.07, 6.45) is 10.2. The van der Waals surface area contributed by atoms with Gasteiger partial charge in [0.2, 0.25) is 0 Å². The summed E-state index contributed by atoms with van der Waals surface area (Å²) >= 11 is 0. The van der Waals surface area contributed by atoms with E-state index in [4.69, 9.17) is 4.74 Å². The molecule has 1 aromatic heterocycles. The highest BCUT2D eigenvalue weighted by atomic mass is 16.5. The van der Waals surface area contributed by atoms with Gasteiger partial charge in [-0.1, -0.05) is 65.0 Å². The predicted octanol–water partition coefficient (Wildman–Crippen LogP) is 8.53. The Hall–Kier alpha value is -3.35. The van der Waals surface area contributed by atoms with Gasteiger partial charge in [-0.05, 0) is 99.2 Å². The summed E-state index contributed by atoms with van der Waals surface area (Å²) in [6.45, 7) is 22.3. The van der Waals surface area contributed by atoms with Gasteiger partial charge in [-0.2, -0.15) is 0 Å². The monoisotopic (exact) mass is 652 g/mol. The van der Waals surface area contributed by atoms with Crippen molar-refractivity contribution in [1.29, 1.82) is 0 Å². The van der Waals surface area contributed by atoms with E-state index in [1.54, 1.807) is 17.2 Å². The molecule has 3 heterocycles. The smallest absolute Gasteiger partial charge is 0.253 e. The maximum atomic E-state index is 12.6. The van der Waals surface area contributed by atoms with E-state index >= 15 is 0 Å². The Bertz CT molecular complexity index is 1700. The summed E-state index contributed by atoms with van der Waals surface area (Å²) in [4.78, 5) is 18.1. The lowest BCUT2D eigenvalue weighted by Gasteiger charge is -2.46. The number of nitrogens with one attached hydrogen (secondary N) is 1. The molecule has 2 atom stereocenters. The molecule has 0 bridgehead atoms. The van der Waals surface area contributed by atoms with Crippen molar-refractivity contribution in [1.82, 2.24) is 19.7 Å². The standard InChI is InChI=1S/C40H54N4O2.C2H6/c1-9-12-37(33-14-11-13-31-29(6)41-18-15-32(31)33)44-20-19-43(25-40(44)16-17-40)24-36-34(26(3)10-2)21-30(22-38(36)46-8)35-23-42(7)39(45)28(5)27(35)4;1-2/h11-14,21-23,26,29,41H,9-10,15-20,24-25H2,1-8H3;1-2H3/b37-12+;. The molecular formula is C42H60N4O2. The van der Waals surface area contributed by atoms with Crippen LogP contribution in [0, 0.1) is 13.8 Å². The first kappa shape index (κ1) is 35.9. The van der Waals surface area contributed by atoms with E-state index in [1.807, 2.05) is 34.0 Å². The summed E-state index contributed by atoms with van der Waals surface area (Å²) in [5.74, 6) is 1.35. The number of pyridine rings is 1. The van der Waals surface area contributed by atoms with Gasteiger partial charge in [-0.3, -0.25) is 9.69 Å². The van der Waals surface area contributed by atoms with Gasteiger partial charge in [-0.25, -0.2) is 0 Å². The number of piperazine rings is 1. The third kappa shape index (κ3) is 6.76. The van der Waals surface area contributed by atoms with Crippen LogP contribution < -0.4 is 15.6 Å². The molecule has 6 rings (SSSR count). The number of ether oxygens (including phenoxy) is 1. The normalized spacial score (nSPS) is 19.4. The topological polar surface area (TPSA) is 49.7 Å². The number of fused-ring (bicyclic) bond motifs is 1. The van der Waals surface area contributed by atoms with E-state index < -0.39 is 0 Å². The Morgan fingerprint density at radius 1 is 1.12 bits per heavy atom. The fourth-order valence-electron chi connectivity index (χ4n) is 8.08. The number of allylic oxidation sites excluding steroid dienone is 1. The molecule has 1 saturated heterocycles. The molecule has 2 aliphatic heterocycles. The molecule has 1 spiro atoms. The van der Waals surface area contributed by atoms with Crippen LogP contribution in [0.15, 0.2) is 47.4 Å². The number of rotatable bonds is 9. The molecule has 48 heavy (non-hydrogen) atoms. The fraction of sp³-hybridized carbons (Fsp3) is 0.548. The van der Waals surface area contributed by atoms with Crippen molar-refractivity contribution in [2.45, 2.75) is 112 Å². The number of hydrogen-bond donors (Lipinski definition) is 1. The van der Waals surface area contributed by atoms with Crippen molar-refractivity contribution < 1.29 is 4.74 Å². The van der Waals surface area contributed by atoms with Crippen LogP contribution in [0.2, 0.25) is 0 Å². The van der Waals surface area contributed by atoms with E-state index in [0.29, 0.717) is 12.0 Å². The number of aromatic nitrogens is 1. The van der Waals surface area contributed by atoms with E-state index in [1.165, 1.54) is 40.8 Å². The quantitative estimate of drug-likeness (QED) is 0.251. The van der Waals surface area contributed by atoms with Gasteiger partial charge in [0.15, 0.2) is 0 Å². The molecule has 6 nitrogen and oxygen atoms in total. The van der Waals surface area contributed by atoms with Gasteiger partial charge in [0.25, 0.3) is 5.56 Å². The molecule has 260 valence electrons. The highest BCUT2D eigenvalue weighted by Gasteiger charge is 2.52. The molecule has 2 fully saturated rings. The first-order valence-electron chi connectivity index (χ1n) is 18.6. The predicted molar refractivity (Wildman–Crippen MR) is 202 cm³/mol. The molecule has 0 amide bonds. The lowest BCUT2D eigenvalue weighted by Crippen LogP contribution is -2.53. The highest BCUT2D eigenvalue weighted by Crippen LogP contribution is 2.49. The van der Waals surface area contributed by atoms with Gasteiger partial charge >= 0.3 is 0 Å². The van der Waals surface area contributed by atoms with Gasteiger partial charge in [0.1, 0.15) is 5.75 Å². The van der Waals surface area contributed by atoms with Crippen LogP contribution in [-0.4, -0.2) is 53.2 Å². The molecule has 1 N–H and O–H groups in total. The lowest BCUT2D eigenvalue weighted by molar-refractivity contribution is 0.0982. The molecule has 1 saturated carbocycles. The third-order valence-electron chi connectivity index (χ3n) is 11.3. The number of hydrogen-bond acceptors (Lipinski definition) is 5. The van der Waals surface area contributed by atoms with Crippen molar-refractivity contribution in [3.8, 4) is 16.9 Å². The summed E-state index contributed by atoms with van der Waals surface area (Å²) in [6, 6.07) is 11.9. The molecule has 1 aliphatic carbocycles. The minimum atomic E-state index is 0.0655. The Morgan fingerprint density at radius 2 is 1.88 bits per heavy atom. The molecule has 3 aliphatic rings. The largest absolute Gasteiger partial charge is 0.496 e. The van der Waals surface area contributed by atoms with E-state index in [9.17, 15) is 4.79 Å². The number of benzene rings is 2. The fourth-order valence-corrected chi connectivity index (χ4v) is 8.08. The summed E-state index contributed by atoms with van der Waals surface area (Å²) in [7, 11) is 3.65. The second-order valence-electron chi connectivity index (χ2n) is 14.1. The zero-order chi connectivity index (χ0) is 34.7. The van der Waals surface area contributed by atoms with Gasteiger partial charge < -0.3 is 19.5 Å². The van der Waals surface area contributed by atoms with E-state index in [2.05, 4.69) is 86.1 Å². The summed E-state index contributed by atoms with van der Waals surface area (Å²) in [5, 5.41) is 3.66. The molecule has 2 aromatic carbocycles. The van der Waals surface area contributed by atoms with E-state index in [0.717, 1.165) is 80.0 Å². The van der Waals surface area contributed by atoms with Crippen molar-refractivity contribution in [2.75, 3.05) is 33.3 Å². The maximum Gasteiger partial charge on any atom is 0.253 e. The van der Waals surface area contributed by atoms with Crippen molar-refractivity contribution in [3.05, 3.63) is 91.9 Å². The van der Waals surface area contributed by atoms with Gasteiger partial charge in [-0.15, -0.1) is 0 Å². The molecular weight excluding hydrogens is 592 g/mol. The Labute approximate surface area is 290 Å². The van der Waals surface area contributed by atoms with Crippen LogP contribution >= 0.6 is 0 Å². The minimum absolute atomic E-state index is 0.0655. The number of aryl methyl sites for hydroxylation is 1. The van der Waals surface area contributed by atoms with Crippen LogP contribution in [0.5, 0.6) is 5.75 Å². The second kappa shape index (κ2) is 15.0. The first-order chi connectivity index (χ1) is 23.1. The Morgan fingerprint density at radius 3 is 2.54 bits per heavy atom. The first-order valence-corrected chi connectivity index (χ1v) is 18.6. The molecule has 2 unspecified atom stereocenters. The molecule has 0 radical (unpaired) electrons. The minimum Gasteiger partial charge on any atom is -0.496 e. The van der Waals surface area contributed by atoms with Crippen LogP contribution in [0.3, 0.4) is 0 Å². The lowest BCUT2D eigenvalue weighted by atomic mass is 9.87. The van der Waals surface area contributed by atoms with Crippen LogP contribution in [0.1, 0.15) is 118 Å². The van der Waals surface area contributed by atoms with Gasteiger partial charge in [0.05, 0.1) is 12.6 Å². The number of methoxy groups -OCH3 is 1. The van der Waals surface area contributed by atoms with Crippen molar-refractivity contribution in [2.24, 2.45) is 7.05 Å². The van der Waals surface area contributed by atoms with Crippen molar-refractivity contribution >= 4 is 5.70 Å². The van der Waals surface area contributed by atoms with Crippen molar-refractivity contribution in [3.63, 3.8) is 0 Å². The maximum absolute atomic E-state index is 12.6. The van der Waals surface area contributed by atoms with Crippen LogP contribution in [0.25, 0.3) is 16.8 Å². The van der Waals surface area contributed by atoms with Gasteiger partial charge in [0, 0.05) is 73.4 Å². The average molecular weight is 653 g/mol. The Balaban J connectivity index is 0.00000221. The number of nitrogens with zero attached hydrogens (tertiary/aromatic N) is 3.